The Morgan fingerprint density at radius 2 is 0.778 bits per heavy atom. The van der Waals surface area contributed by atoms with Crippen LogP contribution in [0.5, 0.6) is 23.0 Å². The van der Waals surface area contributed by atoms with Crippen LogP contribution < -0.4 is 137 Å². The summed E-state index contributed by atoms with van der Waals surface area (Å²) in [6.07, 6.45) is 5.46. The van der Waals surface area contributed by atoms with Gasteiger partial charge in [0.15, 0.2) is 0 Å². The number of ether oxygens (including phenoxy) is 4. The Labute approximate surface area is 507 Å². The maximum Gasteiger partial charge on any atom is 1.00 e. The van der Waals surface area contributed by atoms with Crippen LogP contribution in [-0.2, 0) is 58.3 Å². The molecule has 0 aliphatic rings. The van der Waals surface area contributed by atoms with E-state index in [9.17, 15) is 51.9 Å². The molecule has 72 heavy (non-hydrogen) atoms. The average Bonchev–Trinajstić information content (AvgIpc) is 3.26. The summed E-state index contributed by atoms with van der Waals surface area (Å²) >= 11 is 0. The van der Waals surface area contributed by atoms with E-state index in [1.165, 1.54) is 30.3 Å². The molecule has 1 aromatic heterocycles. The summed E-state index contributed by atoms with van der Waals surface area (Å²) in [7, 11) is -19.7. The van der Waals surface area contributed by atoms with Crippen molar-refractivity contribution in [3.63, 3.8) is 0 Å². The van der Waals surface area contributed by atoms with Gasteiger partial charge in [-0.2, -0.15) is 0 Å². The predicted molar refractivity (Wildman–Crippen MR) is 232 cm³/mol. The third-order valence-electron chi connectivity index (χ3n) is 7.93. The monoisotopic (exact) mass is 1110 g/mol. The van der Waals surface area contributed by atoms with E-state index >= 15 is 0 Å². The molecule has 0 N–H and O–H groups in total. The van der Waals surface area contributed by atoms with E-state index in [-0.39, 0.29) is 221 Å². The van der Waals surface area contributed by atoms with Crippen LogP contribution >= 0.6 is 0 Å². The zero-order valence-corrected chi connectivity index (χ0v) is 50.5. The molecule has 0 bridgehead atoms. The minimum Gasteiger partial charge on any atom is -0.726 e. The molecular formula is C43H37NNa4O20S4. The first-order valence-corrected chi connectivity index (χ1v) is 24.8. The molecule has 0 saturated carbocycles. The first kappa shape index (κ1) is 69.7. The van der Waals surface area contributed by atoms with Crippen molar-refractivity contribution in [2.45, 2.75) is 25.7 Å². The van der Waals surface area contributed by atoms with Crippen LogP contribution in [0.15, 0.2) is 72.8 Å². The maximum absolute atomic E-state index is 10.9. The second-order valence-corrected chi connectivity index (χ2v) is 17.3. The van der Waals surface area contributed by atoms with Crippen molar-refractivity contribution in [2.24, 2.45) is 0 Å². The van der Waals surface area contributed by atoms with Crippen LogP contribution in [0.3, 0.4) is 0 Å². The van der Waals surface area contributed by atoms with Gasteiger partial charge in [0.1, 0.15) is 34.4 Å². The van der Waals surface area contributed by atoms with Crippen LogP contribution in [0.1, 0.15) is 64.9 Å². The Bertz CT molecular complexity index is 3090. The molecule has 0 saturated heterocycles. The summed E-state index contributed by atoms with van der Waals surface area (Å²) in [6.45, 7) is -2.21. The fourth-order valence-electron chi connectivity index (χ4n) is 5.06. The smallest absolute Gasteiger partial charge is 0.726 e. The van der Waals surface area contributed by atoms with Gasteiger partial charge in [-0.05, 0) is 66.4 Å². The van der Waals surface area contributed by atoms with Crippen molar-refractivity contribution in [1.29, 1.82) is 0 Å². The van der Waals surface area contributed by atoms with Crippen LogP contribution in [-0.4, -0.2) is 110 Å². The quantitative estimate of drug-likeness (QED) is 0.0207. The Balaban J connectivity index is 0.0000126. The van der Waals surface area contributed by atoms with Crippen molar-refractivity contribution in [3.8, 4) is 70.9 Å². The van der Waals surface area contributed by atoms with Crippen molar-refractivity contribution in [2.75, 3.05) is 52.9 Å². The third-order valence-corrected chi connectivity index (χ3v) is 9.75. The van der Waals surface area contributed by atoms with E-state index in [0.717, 1.165) is 0 Å². The second kappa shape index (κ2) is 35.1. The summed E-state index contributed by atoms with van der Waals surface area (Å²) in [4.78, 5) is 4.49. The van der Waals surface area contributed by atoms with Crippen molar-refractivity contribution >= 4 is 41.6 Å². The first-order chi connectivity index (χ1) is 32.1. The van der Waals surface area contributed by atoms with E-state index in [1.807, 2.05) is 0 Å². The Kier molecular flexibility index (Phi) is 34.0. The van der Waals surface area contributed by atoms with Crippen LogP contribution in [0.25, 0.3) is 0 Å². The normalized spacial score (nSPS) is 10.8. The molecule has 29 heteroatoms. The largest absolute Gasteiger partial charge is 1.00 e. The first-order valence-electron chi connectivity index (χ1n) is 19.5. The van der Waals surface area contributed by atoms with Crippen LogP contribution in [0.4, 0.5) is 0 Å². The molecule has 0 fully saturated rings. The minimum absolute atomic E-state index is 0. The zero-order chi connectivity index (χ0) is 49.6. The Morgan fingerprint density at radius 3 is 1.18 bits per heavy atom. The number of nitrogens with zero attached hydrogens (tertiary/aromatic N) is 1. The molecule has 4 rings (SSSR count). The van der Waals surface area contributed by atoms with Crippen LogP contribution in [0.2, 0.25) is 0 Å². The predicted octanol–water partition coefficient (Wildman–Crippen LogP) is -9.74. The second-order valence-electron chi connectivity index (χ2n) is 13.1. The Hall–Kier alpha value is -2.27. The number of benzene rings is 3. The molecule has 0 aliphatic heterocycles. The van der Waals surface area contributed by atoms with Crippen LogP contribution in [0, 0.1) is 47.9 Å². The van der Waals surface area contributed by atoms with Gasteiger partial charge in [-0.3, -0.25) is 16.7 Å². The van der Waals surface area contributed by atoms with Gasteiger partial charge < -0.3 is 37.2 Å². The summed E-state index contributed by atoms with van der Waals surface area (Å²) in [5, 5.41) is 0. The molecule has 0 atom stereocenters. The number of hydrogen-bond donors (Lipinski definition) is 0. The number of terminal acetylenes is 1. The third kappa shape index (κ3) is 30.3. The molecule has 362 valence electrons. The van der Waals surface area contributed by atoms with Gasteiger partial charge in [0.25, 0.3) is 0 Å². The minimum atomic E-state index is -4.95. The molecule has 0 aliphatic carbocycles. The summed E-state index contributed by atoms with van der Waals surface area (Å²) < 4.78 is 170. The van der Waals surface area contributed by atoms with Gasteiger partial charge in [0, 0.05) is 48.9 Å². The van der Waals surface area contributed by atoms with Crippen molar-refractivity contribution < 1.29 is 206 Å². The molecular weight excluding hydrogens is 1070 g/mol. The van der Waals surface area contributed by atoms with E-state index < -0.39 is 68.0 Å². The topological polar surface area (TPSA) is 316 Å². The van der Waals surface area contributed by atoms with E-state index in [0.29, 0.717) is 11.1 Å². The van der Waals surface area contributed by atoms with Crippen molar-refractivity contribution in [3.05, 3.63) is 112 Å². The average molecular weight is 1110 g/mol. The molecule has 1 heterocycles. The van der Waals surface area contributed by atoms with Gasteiger partial charge in [0.05, 0.1) is 69.5 Å². The zero-order valence-electron chi connectivity index (χ0n) is 39.2. The number of hydrogen-bond acceptors (Lipinski definition) is 21. The molecule has 4 aromatic rings. The number of aromatic nitrogens is 1. The maximum atomic E-state index is 10.9. The van der Waals surface area contributed by atoms with Gasteiger partial charge in [-0.1, -0.05) is 35.7 Å². The molecule has 0 unspecified atom stereocenters. The molecule has 0 amide bonds. The summed E-state index contributed by atoms with van der Waals surface area (Å²) in [5.41, 5.74) is 2.36. The molecule has 0 radical (unpaired) electrons. The standard InChI is InChI=1S/C43H41NO20S4.4Na/c1-2-33-10-12-34(13-11-33)14-15-36-31-43(60-25-7-29-64-68(54,55)56)37(32-42(36)59-24-6-28-63-67(51,52)53)17-19-39-9-3-8-38(44-39)18-16-35-30-40(57-22-4-26-61-65(45,46)47)20-21-41(35)58-23-5-27-62-66(48,49)50;;;;/h1,3,8-13,20-21,30-32H,4-7,22-29H2,(H,45,46,47)(H,48,49,50)(H,51,52,53)(H,54,55,56);;;;/q;4*+1/p-4. The number of rotatable bonds is 24. The van der Waals surface area contributed by atoms with Crippen molar-refractivity contribution in [1.82, 2.24) is 4.98 Å². The van der Waals surface area contributed by atoms with Gasteiger partial charge >= 0.3 is 118 Å². The SMILES string of the molecule is C#Cc1ccc(C#Cc2cc(OCCCOS(=O)(=O)[O-])c(C#Cc3cccc(C#Cc4cc(OCCCOS(=O)(=O)[O-])ccc4OCCCOS(=O)(=O)[O-])n3)cc2OCCCOS(=O)(=O)[O-])cc1.[Na+].[Na+].[Na+].[Na+]. The van der Waals surface area contributed by atoms with E-state index in [4.69, 9.17) is 25.4 Å². The summed E-state index contributed by atoms with van der Waals surface area (Å²) in [6, 6.07) is 19.0. The molecule has 0 spiro atoms. The fraction of sp³-hybridized carbons (Fsp3) is 0.279. The van der Waals surface area contributed by atoms with E-state index in [2.05, 4.69) is 63.2 Å². The summed E-state index contributed by atoms with van der Waals surface area (Å²) in [5.74, 6) is 20.9. The molecule has 3 aromatic carbocycles. The van der Waals surface area contributed by atoms with Gasteiger partial charge in [0.2, 0.25) is 41.6 Å². The Morgan fingerprint density at radius 1 is 0.417 bits per heavy atom. The fourth-order valence-corrected chi connectivity index (χ4v) is 6.35. The van der Waals surface area contributed by atoms with E-state index in [1.54, 1.807) is 42.5 Å². The number of pyridine rings is 1. The molecule has 21 nitrogen and oxygen atoms in total. The van der Waals surface area contributed by atoms with Gasteiger partial charge in [-0.25, -0.2) is 38.7 Å². The van der Waals surface area contributed by atoms with Gasteiger partial charge in [-0.15, -0.1) is 6.42 Å².